The molecule has 0 aliphatic heterocycles. The highest BCUT2D eigenvalue weighted by atomic mass is 15.1. The Labute approximate surface area is 80.7 Å². The van der Waals surface area contributed by atoms with Crippen molar-refractivity contribution in [3.05, 3.63) is 18.0 Å². The Balaban J connectivity index is 2.78. The molecular formula is C11H20N2. The number of aromatic nitrogens is 2. The number of hydrogen-bond acceptors (Lipinski definition) is 1. The van der Waals surface area contributed by atoms with Gasteiger partial charge in [0.1, 0.15) is 0 Å². The molecular weight excluding hydrogens is 160 g/mol. The second-order valence-electron chi connectivity index (χ2n) is 4.03. The van der Waals surface area contributed by atoms with Crippen molar-refractivity contribution in [2.45, 2.75) is 51.9 Å². The molecule has 0 spiro atoms. The van der Waals surface area contributed by atoms with Gasteiger partial charge in [-0.3, -0.25) is 5.10 Å². The van der Waals surface area contributed by atoms with Gasteiger partial charge in [0.15, 0.2) is 0 Å². The van der Waals surface area contributed by atoms with Crippen LogP contribution in [0.5, 0.6) is 0 Å². The number of rotatable bonds is 5. The van der Waals surface area contributed by atoms with Gasteiger partial charge in [-0.15, -0.1) is 0 Å². The van der Waals surface area contributed by atoms with Crippen molar-refractivity contribution in [3.8, 4) is 0 Å². The van der Waals surface area contributed by atoms with Gasteiger partial charge in [0, 0.05) is 17.3 Å². The van der Waals surface area contributed by atoms with E-state index in [4.69, 9.17) is 0 Å². The smallest absolute Gasteiger partial charge is 0.0490 e. The molecule has 0 aliphatic carbocycles. The monoisotopic (exact) mass is 180 g/mol. The molecule has 74 valence electrons. The van der Waals surface area contributed by atoms with Crippen LogP contribution in [0.3, 0.4) is 0 Å². The quantitative estimate of drug-likeness (QED) is 0.740. The van der Waals surface area contributed by atoms with E-state index in [1.165, 1.54) is 31.4 Å². The third kappa shape index (κ3) is 2.33. The molecule has 1 N–H and O–H groups in total. The van der Waals surface area contributed by atoms with Crippen molar-refractivity contribution in [1.82, 2.24) is 10.2 Å². The van der Waals surface area contributed by atoms with Gasteiger partial charge in [-0.05, 0) is 18.9 Å². The summed E-state index contributed by atoms with van der Waals surface area (Å²) < 4.78 is 0. The van der Waals surface area contributed by atoms with Crippen molar-refractivity contribution in [3.63, 3.8) is 0 Å². The number of hydrogen-bond donors (Lipinski definition) is 1. The Kier molecular flexibility index (Phi) is 3.52. The SMILES string of the molecule is CCCC(C)(CCC)c1ccn[nH]1. The lowest BCUT2D eigenvalue weighted by Gasteiger charge is -2.27. The minimum atomic E-state index is 0.306. The first kappa shape index (κ1) is 10.3. The lowest BCUT2D eigenvalue weighted by Crippen LogP contribution is -2.22. The normalized spacial score (nSPS) is 11.9. The molecule has 0 bridgehead atoms. The maximum atomic E-state index is 4.03. The molecule has 1 aromatic heterocycles. The summed E-state index contributed by atoms with van der Waals surface area (Å²) >= 11 is 0. The van der Waals surface area contributed by atoms with Crippen molar-refractivity contribution >= 4 is 0 Å². The fourth-order valence-corrected chi connectivity index (χ4v) is 2.09. The third-order valence-corrected chi connectivity index (χ3v) is 2.75. The van der Waals surface area contributed by atoms with E-state index in [0.29, 0.717) is 5.41 Å². The van der Waals surface area contributed by atoms with Crippen LogP contribution in [0.15, 0.2) is 12.3 Å². The minimum Gasteiger partial charge on any atom is -0.282 e. The van der Waals surface area contributed by atoms with Gasteiger partial charge in [-0.25, -0.2) is 0 Å². The topological polar surface area (TPSA) is 28.7 Å². The summed E-state index contributed by atoms with van der Waals surface area (Å²) in [5.74, 6) is 0. The molecule has 0 saturated heterocycles. The van der Waals surface area contributed by atoms with Gasteiger partial charge in [-0.1, -0.05) is 33.6 Å². The van der Waals surface area contributed by atoms with E-state index in [9.17, 15) is 0 Å². The highest BCUT2D eigenvalue weighted by molar-refractivity contribution is 5.12. The van der Waals surface area contributed by atoms with Crippen LogP contribution >= 0.6 is 0 Å². The molecule has 1 heterocycles. The number of aromatic amines is 1. The molecule has 0 radical (unpaired) electrons. The fraction of sp³-hybridized carbons (Fsp3) is 0.727. The van der Waals surface area contributed by atoms with Crippen molar-refractivity contribution in [2.24, 2.45) is 0 Å². The average Bonchev–Trinajstić information content (AvgIpc) is 2.57. The van der Waals surface area contributed by atoms with Crippen molar-refractivity contribution in [1.29, 1.82) is 0 Å². The van der Waals surface area contributed by atoms with E-state index in [-0.39, 0.29) is 0 Å². The van der Waals surface area contributed by atoms with Gasteiger partial charge in [-0.2, -0.15) is 5.10 Å². The predicted molar refractivity (Wildman–Crippen MR) is 55.8 cm³/mol. The number of nitrogens with zero attached hydrogens (tertiary/aromatic N) is 1. The zero-order valence-electron chi connectivity index (χ0n) is 8.93. The molecule has 1 aromatic rings. The largest absolute Gasteiger partial charge is 0.282 e. The second kappa shape index (κ2) is 4.45. The van der Waals surface area contributed by atoms with Crippen molar-refractivity contribution in [2.75, 3.05) is 0 Å². The molecule has 1 rings (SSSR count). The first-order chi connectivity index (χ1) is 6.23. The summed E-state index contributed by atoms with van der Waals surface area (Å²) in [6, 6.07) is 2.10. The highest BCUT2D eigenvalue weighted by Gasteiger charge is 2.25. The Morgan fingerprint density at radius 2 is 1.92 bits per heavy atom. The lowest BCUT2D eigenvalue weighted by atomic mass is 9.78. The van der Waals surface area contributed by atoms with Crippen LogP contribution in [0.4, 0.5) is 0 Å². The molecule has 0 fully saturated rings. The molecule has 0 saturated carbocycles. The zero-order valence-corrected chi connectivity index (χ0v) is 8.93. The van der Waals surface area contributed by atoms with Gasteiger partial charge < -0.3 is 0 Å². The number of H-pyrrole nitrogens is 1. The summed E-state index contributed by atoms with van der Waals surface area (Å²) in [6.07, 6.45) is 6.79. The molecule has 0 aliphatic rings. The van der Waals surface area contributed by atoms with Gasteiger partial charge in [0.25, 0.3) is 0 Å². The molecule has 0 amide bonds. The molecule has 0 unspecified atom stereocenters. The van der Waals surface area contributed by atoms with E-state index in [1.807, 2.05) is 6.20 Å². The summed E-state index contributed by atoms with van der Waals surface area (Å²) in [4.78, 5) is 0. The summed E-state index contributed by atoms with van der Waals surface area (Å²) in [6.45, 7) is 6.81. The summed E-state index contributed by atoms with van der Waals surface area (Å²) in [5, 5.41) is 7.13. The van der Waals surface area contributed by atoms with Gasteiger partial charge in [0.2, 0.25) is 0 Å². The minimum absolute atomic E-state index is 0.306. The molecule has 2 nitrogen and oxygen atoms in total. The fourth-order valence-electron chi connectivity index (χ4n) is 2.09. The standard InChI is InChI=1S/C11H20N2/c1-4-7-11(3,8-5-2)10-6-9-12-13-10/h6,9H,4-5,7-8H2,1-3H3,(H,12,13). The second-order valence-corrected chi connectivity index (χ2v) is 4.03. The predicted octanol–water partition coefficient (Wildman–Crippen LogP) is 3.27. The third-order valence-electron chi connectivity index (χ3n) is 2.75. The molecule has 2 heteroatoms. The van der Waals surface area contributed by atoms with Crippen LogP contribution in [0.25, 0.3) is 0 Å². The first-order valence-corrected chi connectivity index (χ1v) is 5.23. The Hall–Kier alpha value is -0.790. The Morgan fingerprint density at radius 3 is 2.31 bits per heavy atom. The molecule has 13 heavy (non-hydrogen) atoms. The van der Waals surface area contributed by atoms with Gasteiger partial charge in [0.05, 0.1) is 0 Å². The average molecular weight is 180 g/mol. The molecule has 0 atom stereocenters. The van der Waals surface area contributed by atoms with Gasteiger partial charge >= 0.3 is 0 Å². The van der Waals surface area contributed by atoms with E-state index < -0.39 is 0 Å². The molecule has 0 aromatic carbocycles. The van der Waals surface area contributed by atoms with Crippen LogP contribution in [0.2, 0.25) is 0 Å². The van der Waals surface area contributed by atoms with Crippen LogP contribution < -0.4 is 0 Å². The van der Waals surface area contributed by atoms with Crippen LogP contribution in [0.1, 0.15) is 52.1 Å². The Bertz CT molecular complexity index is 220. The first-order valence-electron chi connectivity index (χ1n) is 5.23. The van der Waals surface area contributed by atoms with E-state index in [0.717, 1.165) is 0 Å². The zero-order chi connectivity index (χ0) is 9.73. The summed E-state index contributed by atoms with van der Waals surface area (Å²) in [7, 11) is 0. The van der Waals surface area contributed by atoms with E-state index in [1.54, 1.807) is 0 Å². The highest BCUT2D eigenvalue weighted by Crippen LogP contribution is 2.31. The van der Waals surface area contributed by atoms with Crippen molar-refractivity contribution < 1.29 is 0 Å². The van der Waals surface area contributed by atoms with Crippen LogP contribution in [-0.2, 0) is 5.41 Å². The van der Waals surface area contributed by atoms with Crippen LogP contribution in [-0.4, -0.2) is 10.2 Å². The Morgan fingerprint density at radius 1 is 1.31 bits per heavy atom. The van der Waals surface area contributed by atoms with Crippen LogP contribution in [0, 0.1) is 0 Å². The number of nitrogens with one attached hydrogen (secondary N) is 1. The lowest BCUT2D eigenvalue weighted by molar-refractivity contribution is 0.381. The van der Waals surface area contributed by atoms with E-state index >= 15 is 0 Å². The summed E-state index contributed by atoms with van der Waals surface area (Å²) in [5.41, 5.74) is 1.59. The maximum absolute atomic E-state index is 4.03. The maximum Gasteiger partial charge on any atom is 0.0490 e. The van der Waals surface area contributed by atoms with E-state index in [2.05, 4.69) is 37.0 Å².